The van der Waals surface area contributed by atoms with Gasteiger partial charge in [0.05, 0.1) is 0 Å². The van der Waals surface area contributed by atoms with E-state index in [1.807, 2.05) is 6.92 Å². The number of hydrogen-bond acceptors (Lipinski definition) is 3. The molecule has 0 saturated carbocycles. The highest BCUT2D eigenvalue weighted by Gasteiger charge is 2.21. The number of rotatable bonds is 7. The predicted octanol–water partition coefficient (Wildman–Crippen LogP) is 2.41. The van der Waals surface area contributed by atoms with E-state index < -0.39 is 18.0 Å². The average Bonchev–Trinajstić information content (AvgIpc) is 2.34. The van der Waals surface area contributed by atoms with Gasteiger partial charge >= 0.3 is 11.9 Å². The van der Waals surface area contributed by atoms with Gasteiger partial charge in [-0.2, -0.15) is 0 Å². The highest BCUT2D eigenvalue weighted by Crippen LogP contribution is 2.20. The van der Waals surface area contributed by atoms with Crippen LogP contribution in [0.25, 0.3) is 0 Å². The van der Waals surface area contributed by atoms with E-state index in [1.165, 1.54) is 12.1 Å². The maximum atomic E-state index is 11.0. The van der Waals surface area contributed by atoms with E-state index in [0.717, 1.165) is 6.42 Å². The van der Waals surface area contributed by atoms with Gasteiger partial charge in [-0.25, -0.2) is 9.59 Å². The van der Waals surface area contributed by atoms with E-state index in [0.29, 0.717) is 12.8 Å². The van der Waals surface area contributed by atoms with E-state index in [9.17, 15) is 9.59 Å². The minimum absolute atomic E-state index is 0.0275. The molecule has 0 spiro atoms. The lowest BCUT2D eigenvalue weighted by Gasteiger charge is -2.16. The first kappa shape index (κ1) is 14.0. The van der Waals surface area contributed by atoms with Gasteiger partial charge in [-0.1, -0.05) is 25.5 Å². The van der Waals surface area contributed by atoms with Gasteiger partial charge < -0.3 is 14.9 Å². The molecular formula is C13H16O5. The molecule has 0 fully saturated rings. The zero-order valence-corrected chi connectivity index (χ0v) is 10.1. The summed E-state index contributed by atoms with van der Waals surface area (Å²) in [6.45, 7) is 1.95. The van der Waals surface area contributed by atoms with Crippen molar-refractivity contribution in [1.29, 1.82) is 0 Å². The summed E-state index contributed by atoms with van der Waals surface area (Å²) in [5.41, 5.74) is -0.0275. The lowest BCUT2D eigenvalue weighted by Crippen LogP contribution is -2.27. The number of para-hydroxylation sites is 1. The first-order chi connectivity index (χ1) is 8.56. The molecule has 0 aliphatic rings. The number of aromatic carboxylic acids is 1. The number of unbranched alkanes of at least 4 members (excludes halogenated alkanes) is 1. The van der Waals surface area contributed by atoms with Crippen molar-refractivity contribution < 1.29 is 24.5 Å². The summed E-state index contributed by atoms with van der Waals surface area (Å²) >= 11 is 0. The third kappa shape index (κ3) is 3.76. The summed E-state index contributed by atoms with van der Waals surface area (Å²) in [5.74, 6) is -2.12. The molecule has 0 amide bonds. The van der Waals surface area contributed by atoms with Crippen LogP contribution in [0.5, 0.6) is 5.75 Å². The summed E-state index contributed by atoms with van der Waals surface area (Å²) in [6, 6.07) is 6.03. The zero-order valence-electron chi connectivity index (χ0n) is 10.1. The molecule has 0 aliphatic heterocycles. The summed E-state index contributed by atoms with van der Waals surface area (Å²) in [4.78, 5) is 22.0. The van der Waals surface area contributed by atoms with Crippen LogP contribution < -0.4 is 4.74 Å². The minimum Gasteiger partial charge on any atom is -0.479 e. The number of carboxylic acids is 2. The van der Waals surface area contributed by atoms with E-state index in [2.05, 4.69) is 0 Å². The Morgan fingerprint density at radius 1 is 1.28 bits per heavy atom. The third-order valence-corrected chi connectivity index (χ3v) is 2.48. The van der Waals surface area contributed by atoms with Crippen LogP contribution in [-0.4, -0.2) is 28.3 Å². The van der Waals surface area contributed by atoms with Crippen LogP contribution in [0.2, 0.25) is 0 Å². The molecule has 5 heteroatoms. The Labute approximate surface area is 105 Å². The number of carboxylic acid groups (broad SMARTS) is 2. The third-order valence-electron chi connectivity index (χ3n) is 2.48. The summed E-state index contributed by atoms with van der Waals surface area (Å²) < 4.78 is 5.29. The van der Waals surface area contributed by atoms with Crippen molar-refractivity contribution in [2.24, 2.45) is 0 Å². The molecule has 1 unspecified atom stereocenters. The standard InChI is InChI=1S/C13H16O5/c1-2-3-7-11(13(16)17)18-10-8-5-4-6-9(10)12(14)15/h4-6,8,11H,2-3,7H2,1H3,(H,14,15)(H,16,17). The summed E-state index contributed by atoms with van der Waals surface area (Å²) in [7, 11) is 0. The predicted molar refractivity (Wildman–Crippen MR) is 65.0 cm³/mol. The molecule has 1 aromatic rings. The quantitative estimate of drug-likeness (QED) is 0.778. The first-order valence-electron chi connectivity index (χ1n) is 5.78. The van der Waals surface area contributed by atoms with Crippen molar-refractivity contribution >= 4 is 11.9 Å². The molecule has 5 nitrogen and oxygen atoms in total. The minimum atomic E-state index is -1.13. The molecule has 1 atom stereocenters. The lowest BCUT2D eigenvalue weighted by atomic mass is 10.1. The normalized spacial score (nSPS) is 11.8. The molecule has 0 aromatic heterocycles. The molecule has 0 radical (unpaired) electrons. The van der Waals surface area contributed by atoms with Crippen molar-refractivity contribution in [2.75, 3.05) is 0 Å². The van der Waals surface area contributed by atoms with Gasteiger partial charge in [0.1, 0.15) is 11.3 Å². The first-order valence-corrected chi connectivity index (χ1v) is 5.78. The second-order valence-electron chi connectivity index (χ2n) is 3.89. The maximum Gasteiger partial charge on any atom is 0.344 e. The Hall–Kier alpha value is -2.04. The monoisotopic (exact) mass is 252 g/mol. The molecular weight excluding hydrogens is 236 g/mol. The van der Waals surface area contributed by atoms with Gasteiger partial charge in [0.25, 0.3) is 0 Å². The zero-order chi connectivity index (χ0) is 13.5. The Balaban J connectivity index is 2.86. The number of carbonyl (C=O) groups is 2. The van der Waals surface area contributed by atoms with E-state index >= 15 is 0 Å². The average molecular weight is 252 g/mol. The fourth-order valence-electron chi connectivity index (χ4n) is 1.52. The van der Waals surface area contributed by atoms with Gasteiger partial charge in [0.2, 0.25) is 0 Å². The number of ether oxygens (including phenoxy) is 1. The van der Waals surface area contributed by atoms with Gasteiger partial charge in [0, 0.05) is 0 Å². The van der Waals surface area contributed by atoms with E-state index in [4.69, 9.17) is 14.9 Å². The second-order valence-corrected chi connectivity index (χ2v) is 3.89. The Morgan fingerprint density at radius 2 is 1.94 bits per heavy atom. The van der Waals surface area contributed by atoms with E-state index in [-0.39, 0.29) is 11.3 Å². The second kappa shape index (κ2) is 6.64. The highest BCUT2D eigenvalue weighted by atomic mass is 16.5. The molecule has 98 valence electrons. The molecule has 0 saturated heterocycles. The summed E-state index contributed by atoms with van der Waals surface area (Å²) in [6.07, 6.45) is 0.921. The Bertz CT molecular complexity index is 427. The van der Waals surface area contributed by atoms with Crippen molar-refractivity contribution in [2.45, 2.75) is 32.3 Å². The maximum absolute atomic E-state index is 11.0. The molecule has 0 bridgehead atoms. The van der Waals surface area contributed by atoms with Crippen LogP contribution in [-0.2, 0) is 4.79 Å². The van der Waals surface area contributed by atoms with Crippen LogP contribution in [0, 0.1) is 0 Å². The van der Waals surface area contributed by atoms with Crippen LogP contribution in [0.15, 0.2) is 24.3 Å². The van der Waals surface area contributed by atoms with Crippen molar-refractivity contribution in [1.82, 2.24) is 0 Å². The number of benzene rings is 1. The Morgan fingerprint density at radius 3 is 2.50 bits per heavy atom. The molecule has 0 heterocycles. The lowest BCUT2D eigenvalue weighted by molar-refractivity contribution is -0.145. The molecule has 2 N–H and O–H groups in total. The number of hydrogen-bond donors (Lipinski definition) is 2. The fourth-order valence-corrected chi connectivity index (χ4v) is 1.52. The highest BCUT2D eigenvalue weighted by molar-refractivity contribution is 5.91. The van der Waals surface area contributed by atoms with Crippen molar-refractivity contribution in [3.05, 3.63) is 29.8 Å². The number of aliphatic carboxylic acids is 1. The van der Waals surface area contributed by atoms with E-state index in [1.54, 1.807) is 12.1 Å². The molecule has 18 heavy (non-hydrogen) atoms. The van der Waals surface area contributed by atoms with Gasteiger partial charge in [-0.15, -0.1) is 0 Å². The SMILES string of the molecule is CCCCC(Oc1ccccc1C(=O)O)C(=O)O. The van der Waals surface area contributed by atoms with Gasteiger partial charge in [-0.3, -0.25) is 0 Å². The smallest absolute Gasteiger partial charge is 0.344 e. The van der Waals surface area contributed by atoms with Crippen LogP contribution in [0.1, 0.15) is 36.5 Å². The van der Waals surface area contributed by atoms with Crippen molar-refractivity contribution in [3.63, 3.8) is 0 Å². The van der Waals surface area contributed by atoms with Gasteiger partial charge in [0.15, 0.2) is 6.10 Å². The topological polar surface area (TPSA) is 83.8 Å². The van der Waals surface area contributed by atoms with Gasteiger partial charge in [-0.05, 0) is 25.0 Å². The van der Waals surface area contributed by atoms with Crippen molar-refractivity contribution in [3.8, 4) is 5.75 Å². The van der Waals surface area contributed by atoms with Crippen LogP contribution in [0.4, 0.5) is 0 Å². The molecule has 1 aromatic carbocycles. The van der Waals surface area contributed by atoms with Crippen LogP contribution >= 0.6 is 0 Å². The van der Waals surface area contributed by atoms with Crippen LogP contribution in [0.3, 0.4) is 0 Å². The Kier molecular flexibility index (Phi) is 5.17. The fraction of sp³-hybridized carbons (Fsp3) is 0.385. The molecule has 0 aliphatic carbocycles. The largest absolute Gasteiger partial charge is 0.479 e. The molecule has 1 rings (SSSR count). The summed E-state index contributed by atoms with van der Waals surface area (Å²) in [5, 5.41) is 18.0.